The number of nitrogens with one attached hydrogen (secondary N) is 1. The lowest BCUT2D eigenvalue weighted by atomic mass is 9.82. The van der Waals surface area contributed by atoms with Crippen molar-refractivity contribution in [2.24, 2.45) is 0 Å². The van der Waals surface area contributed by atoms with Gasteiger partial charge in [-0.25, -0.2) is 0 Å². The molecular formula is C16H19ClN2O. The van der Waals surface area contributed by atoms with Gasteiger partial charge in [0.1, 0.15) is 5.54 Å². The van der Waals surface area contributed by atoms with Crippen LogP contribution in [0.25, 0.3) is 0 Å². The molecule has 1 fully saturated rings. The minimum atomic E-state index is -0.643. The van der Waals surface area contributed by atoms with Gasteiger partial charge in [0.15, 0.2) is 0 Å². The highest BCUT2D eigenvalue weighted by Crippen LogP contribution is 2.27. The number of halogens is 1. The Morgan fingerprint density at radius 3 is 2.65 bits per heavy atom. The van der Waals surface area contributed by atoms with E-state index < -0.39 is 5.54 Å². The Bertz CT molecular complexity index is 515. The molecule has 0 saturated heterocycles. The third-order valence-electron chi connectivity index (χ3n) is 3.88. The van der Waals surface area contributed by atoms with E-state index in [2.05, 4.69) is 11.4 Å². The van der Waals surface area contributed by atoms with E-state index in [1.54, 1.807) is 0 Å². The van der Waals surface area contributed by atoms with Crippen LogP contribution in [0.5, 0.6) is 0 Å². The number of rotatable bonds is 4. The number of nitriles is 1. The third-order valence-corrected chi connectivity index (χ3v) is 4.25. The average Bonchev–Trinajstić information content (AvgIpc) is 2.47. The predicted octanol–water partition coefficient (Wildman–Crippen LogP) is 3.62. The molecule has 0 atom stereocenters. The highest BCUT2D eigenvalue weighted by atomic mass is 35.5. The molecule has 1 aromatic rings. The van der Waals surface area contributed by atoms with Gasteiger partial charge < -0.3 is 5.32 Å². The molecule has 4 heteroatoms. The molecule has 1 aromatic carbocycles. The van der Waals surface area contributed by atoms with E-state index in [0.717, 1.165) is 37.7 Å². The predicted molar refractivity (Wildman–Crippen MR) is 79.3 cm³/mol. The van der Waals surface area contributed by atoms with Gasteiger partial charge in [0.25, 0.3) is 0 Å². The number of benzene rings is 1. The lowest BCUT2D eigenvalue weighted by Crippen LogP contribution is -2.48. The molecular weight excluding hydrogens is 272 g/mol. The number of carbonyl (C=O) groups excluding carboxylic acids is 1. The van der Waals surface area contributed by atoms with E-state index in [1.165, 1.54) is 0 Å². The molecule has 1 N–H and O–H groups in total. The average molecular weight is 291 g/mol. The summed E-state index contributed by atoms with van der Waals surface area (Å²) in [5.74, 6) is -0.0617. The summed E-state index contributed by atoms with van der Waals surface area (Å²) in [7, 11) is 0. The Kier molecular flexibility index (Phi) is 5.03. The first-order valence-corrected chi connectivity index (χ1v) is 7.49. The summed E-state index contributed by atoms with van der Waals surface area (Å²) < 4.78 is 0. The maximum absolute atomic E-state index is 12.1. The summed E-state index contributed by atoms with van der Waals surface area (Å²) >= 11 is 6.07. The molecule has 1 amide bonds. The number of carbonyl (C=O) groups is 1. The largest absolute Gasteiger partial charge is 0.338 e. The van der Waals surface area contributed by atoms with Crippen molar-refractivity contribution in [3.05, 3.63) is 34.9 Å². The molecule has 0 spiro atoms. The van der Waals surface area contributed by atoms with Crippen LogP contribution in [0, 0.1) is 11.3 Å². The molecule has 0 heterocycles. The molecule has 0 unspecified atom stereocenters. The second-order valence-electron chi connectivity index (χ2n) is 5.39. The second kappa shape index (κ2) is 6.76. The highest BCUT2D eigenvalue weighted by Gasteiger charge is 2.33. The second-order valence-corrected chi connectivity index (χ2v) is 5.80. The Balaban J connectivity index is 1.89. The first-order valence-electron chi connectivity index (χ1n) is 7.11. The minimum absolute atomic E-state index is 0.0617. The topological polar surface area (TPSA) is 52.9 Å². The zero-order valence-electron chi connectivity index (χ0n) is 11.5. The van der Waals surface area contributed by atoms with Crippen molar-refractivity contribution in [2.45, 2.75) is 50.5 Å². The Hall–Kier alpha value is -1.53. The van der Waals surface area contributed by atoms with Crippen molar-refractivity contribution in [1.29, 1.82) is 5.26 Å². The lowest BCUT2D eigenvalue weighted by molar-refractivity contribution is -0.122. The zero-order chi connectivity index (χ0) is 14.4. The van der Waals surface area contributed by atoms with E-state index >= 15 is 0 Å². The fourth-order valence-electron chi connectivity index (χ4n) is 2.70. The fraction of sp³-hybridized carbons (Fsp3) is 0.500. The van der Waals surface area contributed by atoms with Crippen molar-refractivity contribution < 1.29 is 4.79 Å². The smallest absolute Gasteiger partial charge is 0.221 e. The van der Waals surface area contributed by atoms with Crippen molar-refractivity contribution in [3.8, 4) is 6.07 Å². The highest BCUT2D eigenvalue weighted by molar-refractivity contribution is 6.31. The van der Waals surface area contributed by atoms with Gasteiger partial charge in [-0.15, -0.1) is 0 Å². The summed E-state index contributed by atoms with van der Waals surface area (Å²) in [5.41, 5.74) is 0.328. The summed E-state index contributed by atoms with van der Waals surface area (Å²) in [6.45, 7) is 0. The van der Waals surface area contributed by atoms with Gasteiger partial charge in [0, 0.05) is 11.4 Å². The molecule has 1 saturated carbocycles. The quantitative estimate of drug-likeness (QED) is 0.921. The van der Waals surface area contributed by atoms with Crippen LogP contribution in [-0.2, 0) is 11.2 Å². The number of hydrogen-bond acceptors (Lipinski definition) is 2. The van der Waals surface area contributed by atoms with E-state index in [9.17, 15) is 10.1 Å². The van der Waals surface area contributed by atoms with E-state index in [4.69, 9.17) is 11.6 Å². The Morgan fingerprint density at radius 2 is 2.00 bits per heavy atom. The van der Waals surface area contributed by atoms with E-state index in [0.29, 0.717) is 17.9 Å². The number of aryl methyl sites for hydroxylation is 1. The molecule has 20 heavy (non-hydrogen) atoms. The number of hydrogen-bond donors (Lipinski definition) is 1. The van der Waals surface area contributed by atoms with Crippen molar-refractivity contribution in [2.75, 3.05) is 0 Å². The first-order chi connectivity index (χ1) is 9.65. The van der Waals surface area contributed by atoms with E-state index in [1.807, 2.05) is 24.3 Å². The van der Waals surface area contributed by atoms with Crippen LogP contribution in [0.3, 0.4) is 0 Å². The molecule has 3 nitrogen and oxygen atoms in total. The summed E-state index contributed by atoms with van der Waals surface area (Å²) in [6, 6.07) is 9.84. The standard InChI is InChI=1S/C16H19ClN2O/c17-14-7-3-2-6-13(14)8-9-15(20)19-16(12-18)10-4-1-5-11-16/h2-3,6-7H,1,4-5,8-11H2,(H,19,20). The molecule has 0 aliphatic heterocycles. The van der Waals surface area contributed by atoms with Gasteiger partial charge in [0.2, 0.25) is 5.91 Å². The third kappa shape index (κ3) is 3.74. The van der Waals surface area contributed by atoms with Crippen molar-refractivity contribution in [1.82, 2.24) is 5.32 Å². The van der Waals surface area contributed by atoms with Crippen LogP contribution >= 0.6 is 11.6 Å². The van der Waals surface area contributed by atoms with Crippen molar-refractivity contribution in [3.63, 3.8) is 0 Å². The van der Waals surface area contributed by atoms with Gasteiger partial charge in [-0.1, -0.05) is 49.1 Å². The molecule has 1 aliphatic rings. The van der Waals surface area contributed by atoms with Crippen LogP contribution in [0.4, 0.5) is 0 Å². The SMILES string of the molecule is N#CC1(NC(=O)CCc2ccccc2Cl)CCCCC1. The Labute approximate surface area is 124 Å². The summed E-state index contributed by atoms with van der Waals surface area (Å²) in [5, 5.41) is 13.0. The van der Waals surface area contributed by atoms with Gasteiger partial charge in [0.05, 0.1) is 6.07 Å². The monoisotopic (exact) mass is 290 g/mol. The van der Waals surface area contributed by atoms with Gasteiger partial charge >= 0.3 is 0 Å². The summed E-state index contributed by atoms with van der Waals surface area (Å²) in [4.78, 5) is 12.1. The normalized spacial score (nSPS) is 17.2. The van der Waals surface area contributed by atoms with Gasteiger partial charge in [-0.3, -0.25) is 4.79 Å². The van der Waals surface area contributed by atoms with Crippen LogP contribution in [0.2, 0.25) is 5.02 Å². The first kappa shape index (κ1) is 14.9. The number of amides is 1. The van der Waals surface area contributed by atoms with Gasteiger partial charge in [-0.2, -0.15) is 5.26 Å². The summed E-state index contributed by atoms with van der Waals surface area (Å²) in [6.07, 6.45) is 5.68. The molecule has 2 rings (SSSR count). The molecule has 0 bridgehead atoms. The molecule has 0 aromatic heterocycles. The fourth-order valence-corrected chi connectivity index (χ4v) is 2.93. The Morgan fingerprint density at radius 1 is 1.30 bits per heavy atom. The molecule has 0 radical (unpaired) electrons. The molecule has 106 valence electrons. The maximum atomic E-state index is 12.1. The zero-order valence-corrected chi connectivity index (χ0v) is 12.2. The van der Waals surface area contributed by atoms with Crippen molar-refractivity contribution >= 4 is 17.5 Å². The maximum Gasteiger partial charge on any atom is 0.221 e. The van der Waals surface area contributed by atoms with Crippen LogP contribution in [0.15, 0.2) is 24.3 Å². The minimum Gasteiger partial charge on any atom is -0.338 e. The lowest BCUT2D eigenvalue weighted by Gasteiger charge is -2.31. The molecule has 1 aliphatic carbocycles. The number of nitrogens with zero attached hydrogens (tertiary/aromatic N) is 1. The van der Waals surface area contributed by atoms with Crippen LogP contribution in [-0.4, -0.2) is 11.4 Å². The van der Waals surface area contributed by atoms with E-state index in [-0.39, 0.29) is 5.91 Å². The van der Waals surface area contributed by atoms with Gasteiger partial charge in [-0.05, 0) is 30.9 Å². The van der Waals surface area contributed by atoms with Crippen LogP contribution < -0.4 is 5.32 Å². The van der Waals surface area contributed by atoms with Crippen LogP contribution in [0.1, 0.15) is 44.1 Å².